The Labute approximate surface area is 242 Å². The van der Waals surface area contributed by atoms with Crippen LogP contribution in [0.5, 0.6) is 11.5 Å². The van der Waals surface area contributed by atoms with Gasteiger partial charge in [0.15, 0.2) is 11.6 Å². The van der Waals surface area contributed by atoms with Gasteiger partial charge in [0.05, 0.1) is 18.7 Å². The Kier molecular flexibility index (Phi) is 10.3. The van der Waals surface area contributed by atoms with Crippen LogP contribution in [0.3, 0.4) is 0 Å². The fourth-order valence-corrected chi connectivity index (χ4v) is 4.92. The van der Waals surface area contributed by atoms with Gasteiger partial charge >= 0.3 is 11.9 Å². The number of hydrogen-bond acceptors (Lipinski definition) is 4. The number of unbranched alkanes of at least 4 members (excludes halogenated alkanes) is 1. The zero-order valence-corrected chi connectivity index (χ0v) is 23.3. The highest BCUT2D eigenvalue weighted by Gasteiger charge is 2.21. The number of aliphatic carboxylic acids is 2. The molecule has 1 aromatic heterocycles. The maximum Gasteiger partial charge on any atom is 0.323 e. The van der Waals surface area contributed by atoms with Crippen molar-refractivity contribution in [2.75, 3.05) is 13.2 Å². The van der Waals surface area contributed by atoms with E-state index in [1.54, 1.807) is 41.8 Å². The summed E-state index contributed by atoms with van der Waals surface area (Å²) in [6.07, 6.45) is 5.55. The van der Waals surface area contributed by atoms with E-state index in [0.717, 1.165) is 5.56 Å². The fourth-order valence-electron chi connectivity index (χ4n) is 4.92. The number of carbonyl (C=O) groups is 2. The highest BCUT2D eigenvalue weighted by atomic mass is 19.1. The van der Waals surface area contributed by atoms with Crippen LogP contribution in [-0.4, -0.2) is 39.9 Å². The van der Waals surface area contributed by atoms with Crippen molar-refractivity contribution in [3.8, 4) is 11.5 Å². The Morgan fingerprint density at radius 2 is 1.43 bits per heavy atom. The first-order valence-electron chi connectivity index (χ1n) is 13.8. The molecule has 0 unspecified atom stereocenters. The quantitative estimate of drug-likeness (QED) is 0.115. The molecule has 3 aromatic carbocycles. The van der Waals surface area contributed by atoms with Gasteiger partial charge in [-0.3, -0.25) is 9.59 Å². The first kappa shape index (κ1) is 30.3. The third-order valence-corrected chi connectivity index (χ3v) is 6.93. The predicted molar refractivity (Wildman–Crippen MR) is 157 cm³/mol. The van der Waals surface area contributed by atoms with Crippen molar-refractivity contribution in [2.45, 2.75) is 45.6 Å². The third kappa shape index (κ3) is 7.54. The normalized spacial score (nSPS) is 11.3. The predicted octanol–water partition coefficient (Wildman–Crippen LogP) is 7.13. The van der Waals surface area contributed by atoms with E-state index in [0.29, 0.717) is 72.4 Å². The molecule has 4 rings (SSSR count). The molecule has 0 fully saturated rings. The van der Waals surface area contributed by atoms with Gasteiger partial charge in [0.2, 0.25) is 0 Å². The van der Waals surface area contributed by atoms with Gasteiger partial charge < -0.3 is 24.3 Å². The number of benzene rings is 3. The molecule has 9 heteroatoms. The zero-order valence-electron chi connectivity index (χ0n) is 23.3. The second kappa shape index (κ2) is 14.3. The molecule has 220 valence electrons. The fraction of sp³-hybridized carbons (Fsp3) is 0.273. The van der Waals surface area contributed by atoms with Crippen LogP contribution in [0.1, 0.15) is 48.1 Å². The summed E-state index contributed by atoms with van der Waals surface area (Å²) in [7, 11) is 0. The van der Waals surface area contributed by atoms with E-state index in [-0.39, 0.29) is 18.7 Å². The highest BCUT2D eigenvalue weighted by molar-refractivity contribution is 5.95. The van der Waals surface area contributed by atoms with Crippen molar-refractivity contribution in [3.63, 3.8) is 0 Å². The number of fused-ring (bicyclic) bond motifs is 1. The van der Waals surface area contributed by atoms with E-state index < -0.39 is 23.6 Å². The first-order valence-corrected chi connectivity index (χ1v) is 13.8. The lowest BCUT2D eigenvalue weighted by molar-refractivity contribution is -0.138. The van der Waals surface area contributed by atoms with Crippen LogP contribution in [-0.2, 0) is 22.6 Å². The molecule has 0 atom stereocenters. The van der Waals surface area contributed by atoms with Gasteiger partial charge in [-0.25, -0.2) is 8.78 Å². The Morgan fingerprint density at radius 3 is 2.12 bits per heavy atom. The summed E-state index contributed by atoms with van der Waals surface area (Å²) in [6.45, 7) is 2.16. The van der Waals surface area contributed by atoms with Gasteiger partial charge in [-0.2, -0.15) is 0 Å². The maximum atomic E-state index is 15.2. The number of carboxylic acid groups (broad SMARTS) is 2. The van der Waals surface area contributed by atoms with Crippen molar-refractivity contribution in [2.24, 2.45) is 0 Å². The Morgan fingerprint density at radius 1 is 0.786 bits per heavy atom. The molecule has 0 aliphatic heterocycles. The molecule has 2 N–H and O–H groups in total. The molecule has 7 nitrogen and oxygen atoms in total. The average molecular weight is 578 g/mol. The van der Waals surface area contributed by atoms with E-state index in [1.807, 2.05) is 30.3 Å². The summed E-state index contributed by atoms with van der Waals surface area (Å²) >= 11 is 0. The second-order valence-corrected chi connectivity index (χ2v) is 9.86. The molecular formula is C33H33F2NO6. The monoisotopic (exact) mass is 577 g/mol. The van der Waals surface area contributed by atoms with Crippen molar-refractivity contribution in [1.82, 2.24) is 4.57 Å². The van der Waals surface area contributed by atoms with Crippen molar-refractivity contribution in [3.05, 3.63) is 94.7 Å². The molecule has 0 radical (unpaired) electrons. The second-order valence-electron chi connectivity index (χ2n) is 9.86. The minimum atomic E-state index is -1.07. The molecular weight excluding hydrogens is 544 g/mol. The van der Waals surface area contributed by atoms with E-state index in [9.17, 15) is 19.1 Å². The first-order chi connectivity index (χ1) is 20.3. The number of aryl methyl sites for hydroxylation is 1. The molecule has 0 saturated heterocycles. The number of ether oxygens (including phenoxy) is 2. The summed E-state index contributed by atoms with van der Waals surface area (Å²) in [5.74, 6) is -2.02. The van der Waals surface area contributed by atoms with Crippen LogP contribution in [0, 0.1) is 18.6 Å². The molecule has 0 aliphatic carbocycles. The number of halogens is 2. The van der Waals surface area contributed by atoms with Crippen molar-refractivity contribution in [1.29, 1.82) is 0 Å². The molecule has 1 heterocycles. The van der Waals surface area contributed by atoms with Crippen LogP contribution in [0.15, 0.2) is 60.7 Å². The SMILES string of the molecule is Cc1c(CCCC(=O)O)c2c(F)ccc(C=Cc3ccccc3OCCCCOc3ccccc3F)c2n1CC(=O)O. The summed E-state index contributed by atoms with van der Waals surface area (Å²) in [5.41, 5.74) is 3.07. The number of nitrogens with zero attached hydrogens (tertiary/aromatic N) is 1. The average Bonchev–Trinajstić information content (AvgIpc) is 3.23. The lowest BCUT2D eigenvalue weighted by Gasteiger charge is -2.11. The van der Waals surface area contributed by atoms with Gasteiger partial charge in [0.25, 0.3) is 0 Å². The zero-order chi connectivity index (χ0) is 30.1. The molecule has 0 spiro atoms. The summed E-state index contributed by atoms with van der Waals surface area (Å²) < 4.78 is 41.9. The minimum absolute atomic E-state index is 0.0678. The molecule has 42 heavy (non-hydrogen) atoms. The highest BCUT2D eigenvalue weighted by Crippen LogP contribution is 2.33. The van der Waals surface area contributed by atoms with Crippen molar-refractivity contribution < 1.29 is 38.1 Å². The van der Waals surface area contributed by atoms with E-state index >= 15 is 4.39 Å². The number of para-hydroxylation sites is 2. The van der Waals surface area contributed by atoms with E-state index in [2.05, 4.69) is 0 Å². The number of carboxylic acids is 2. The van der Waals surface area contributed by atoms with E-state index in [4.69, 9.17) is 14.6 Å². The lowest BCUT2D eigenvalue weighted by atomic mass is 10.0. The molecule has 0 aliphatic rings. The molecule has 0 amide bonds. The van der Waals surface area contributed by atoms with Crippen LogP contribution >= 0.6 is 0 Å². The van der Waals surface area contributed by atoms with Crippen LogP contribution in [0.4, 0.5) is 8.78 Å². The lowest BCUT2D eigenvalue weighted by Crippen LogP contribution is -2.10. The van der Waals surface area contributed by atoms with Gasteiger partial charge in [0, 0.05) is 23.1 Å². The topological polar surface area (TPSA) is 98.0 Å². The van der Waals surface area contributed by atoms with Gasteiger partial charge in [-0.1, -0.05) is 42.5 Å². The van der Waals surface area contributed by atoms with Crippen LogP contribution < -0.4 is 9.47 Å². The number of rotatable bonds is 15. The van der Waals surface area contributed by atoms with E-state index in [1.165, 1.54) is 12.1 Å². The summed E-state index contributed by atoms with van der Waals surface area (Å²) in [6, 6.07) is 16.7. The maximum absolute atomic E-state index is 15.2. The third-order valence-electron chi connectivity index (χ3n) is 6.93. The van der Waals surface area contributed by atoms with Gasteiger partial charge in [-0.05, 0) is 74.1 Å². The molecule has 0 saturated carbocycles. The Balaban J connectivity index is 1.51. The smallest absolute Gasteiger partial charge is 0.323 e. The van der Waals surface area contributed by atoms with Gasteiger partial charge in [0.1, 0.15) is 18.1 Å². The van der Waals surface area contributed by atoms with Crippen LogP contribution in [0.2, 0.25) is 0 Å². The molecule has 4 aromatic rings. The van der Waals surface area contributed by atoms with Crippen molar-refractivity contribution >= 4 is 35.0 Å². The summed E-state index contributed by atoms with van der Waals surface area (Å²) in [5, 5.41) is 18.9. The minimum Gasteiger partial charge on any atom is -0.493 e. The molecule has 0 bridgehead atoms. The summed E-state index contributed by atoms with van der Waals surface area (Å²) in [4.78, 5) is 22.7. The Bertz CT molecular complexity index is 1590. The van der Waals surface area contributed by atoms with Gasteiger partial charge in [-0.15, -0.1) is 0 Å². The largest absolute Gasteiger partial charge is 0.493 e. The number of aromatic nitrogens is 1. The van der Waals surface area contributed by atoms with Crippen LogP contribution in [0.25, 0.3) is 23.1 Å². The Hall–Kier alpha value is -4.66. The standard InChI is InChI=1S/C33H33F2NO6/c1-22-25(10-8-14-30(37)38)32-27(35)18-17-24(33(32)36(22)21-31(39)40)16-15-23-9-2-4-12-28(23)41-19-6-7-20-42-29-13-5-3-11-26(29)34/h2-5,9,11-13,15-18H,6-8,10,14,19-21H2,1H3,(H,37,38)(H,39,40). The number of hydrogen-bond donors (Lipinski definition) is 2.